The molecule has 0 atom stereocenters. The highest BCUT2D eigenvalue weighted by atomic mass is 16.3. The van der Waals surface area contributed by atoms with Crippen LogP contribution in [-0.2, 0) is 6.54 Å². The Morgan fingerprint density at radius 1 is 1.43 bits per heavy atom. The van der Waals surface area contributed by atoms with Gasteiger partial charge in [0.1, 0.15) is 12.1 Å². The zero-order chi connectivity index (χ0) is 9.80. The first-order valence-corrected chi connectivity index (χ1v) is 4.22. The van der Waals surface area contributed by atoms with Gasteiger partial charge in [-0.05, 0) is 17.7 Å². The van der Waals surface area contributed by atoms with E-state index in [0.717, 1.165) is 5.56 Å². The topological polar surface area (TPSA) is 73.8 Å². The predicted molar refractivity (Wildman–Crippen MR) is 51.8 cm³/mol. The lowest BCUT2D eigenvalue weighted by Gasteiger charge is -2.02. The van der Waals surface area contributed by atoms with E-state index in [1.165, 1.54) is 6.33 Å². The summed E-state index contributed by atoms with van der Waals surface area (Å²) in [4.78, 5) is 3.91. The highest BCUT2D eigenvalue weighted by Gasteiger charge is 1.96. The SMILES string of the molecule is Oc1cccc(CNc2ncn[nH]2)c1. The van der Waals surface area contributed by atoms with Crippen LogP contribution in [0.25, 0.3) is 0 Å². The van der Waals surface area contributed by atoms with Gasteiger partial charge >= 0.3 is 0 Å². The van der Waals surface area contributed by atoms with Crippen LogP contribution in [0.3, 0.4) is 0 Å². The van der Waals surface area contributed by atoms with Gasteiger partial charge in [0.15, 0.2) is 0 Å². The molecule has 0 fully saturated rings. The number of aromatic hydroxyl groups is 1. The molecule has 0 aliphatic carbocycles. The number of phenolic OH excluding ortho intramolecular Hbond substituents is 1. The van der Waals surface area contributed by atoms with Crippen molar-refractivity contribution in [2.75, 3.05) is 5.32 Å². The molecule has 1 aromatic heterocycles. The second-order valence-corrected chi connectivity index (χ2v) is 2.86. The highest BCUT2D eigenvalue weighted by molar-refractivity contribution is 5.30. The summed E-state index contributed by atoms with van der Waals surface area (Å²) >= 11 is 0. The largest absolute Gasteiger partial charge is 0.508 e. The first kappa shape index (κ1) is 8.55. The number of nitrogens with zero attached hydrogens (tertiary/aromatic N) is 2. The van der Waals surface area contributed by atoms with Crippen LogP contribution in [0, 0.1) is 0 Å². The van der Waals surface area contributed by atoms with E-state index in [2.05, 4.69) is 20.5 Å². The van der Waals surface area contributed by atoms with Crippen molar-refractivity contribution >= 4 is 5.95 Å². The zero-order valence-corrected chi connectivity index (χ0v) is 7.44. The van der Waals surface area contributed by atoms with Crippen LogP contribution >= 0.6 is 0 Å². The molecule has 2 rings (SSSR count). The fourth-order valence-corrected chi connectivity index (χ4v) is 1.14. The first-order valence-electron chi connectivity index (χ1n) is 4.22. The van der Waals surface area contributed by atoms with Gasteiger partial charge in [-0.1, -0.05) is 12.1 Å². The Balaban J connectivity index is 1.98. The van der Waals surface area contributed by atoms with Crippen LogP contribution in [0.1, 0.15) is 5.56 Å². The average molecular weight is 190 g/mol. The Labute approximate surface area is 80.8 Å². The van der Waals surface area contributed by atoms with Crippen molar-refractivity contribution in [2.45, 2.75) is 6.54 Å². The number of hydrogen-bond donors (Lipinski definition) is 3. The smallest absolute Gasteiger partial charge is 0.218 e. The van der Waals surface area contributed by atoms with E-state index in [4.69, 9.17) is 0 Å². The van der Waals surface area contributed by atoms with Crippen LogP contribution in [0.15, 0.2) is 30.6 Å². The van der Waals surface area contributed by atoms with Crippen LogP contribution in [0.4, 0.5) is 5.95 Å². The molecule has 1 aromatic carbocycles. The van der Waals surface area contributed by atoms with Gasteiger partial charge in [0.25, 0.3) is 0 Å². The summed E-state index contributed by atoms with van der Waals surface area (Å²) in [6.07, 6.45) is 1.44. The van der Waals surface area contributed by atoms with Gasteiger partial charge in [0.05, 0.1) is 0 Å². The number of H-pyrrole nitrogens is 1. The molecule has 1 heterocycles. The molecule has 14 heavy (non-hydrogen) atoms. The van der Waals surface area contributed by atoms with Crippen LogP contribution < -0.4 is 5.32 Å². The van der Waals surface area contributed by atoms with Crippen molar-refractivity contribution in [1.29, 1.82) is 0 Å². The molecule has 72 valence electrons. The van der Waals surface area contributed by atoms with E-state index >= 15 is 0 Å². The Hall–Kier alpha value is -2.04. The maximum atomic E-state index is 9.21. The summed E-state index contributed by atoms with van der Waals surface area (Å²) < 4.78 is 0. The van der Waals surface area contributed by atoms with Gasteiger partial charge in [-0.15, -0.1) is 0 Å². The van der Waals surface area contributed by atoms with Crippen molar-refractivity contribution in [2.24, 2.45) is 0 Å². The van der Waals surface area contributed by atoms with E-state index in [0.29, 0.717) is 12.5 Å². The maximum absolute atomic E-state index is 9.21. The third-order valence-electron chi connectivity index (χ3n) is 1.79. The van der Waals surface area contributed by atoms with Crippen LogP contribution in [0.5, 0.6) is 5.75 Å². The minimum atomic E-state index is 0.266. The third-order valence-corrected chi connectivity index (χ3v) is 1.79. The minimum Gasteiger partial charge on any atom is -0.508 e. The fraction of sp³-hybridized carbons (Fsp3) is 0.111. The first-order chi connectivity index (χ1) is 6.84. The number of aromatic amines is 1. The lowest BCUT2D eigenvalue weighted by atomic mass is 10.2. The third kappa shape index (κ3) is 2.01. The molecule has 0 amide bonds. The van der Waals surface area contributed by atoms with Gasteiger partial charge in [-0.3, -0.25) is 0 Å². The Morgan fingerprint density at radius 2 is 2.36 bits per heavy atom. The standard InChI is InChI=1S/C9H10N4O/c14-8-3-1-2-7(4-8)5-10-9-11-6-12-13-9/h1-4,6,14H,5H2,(H2,10,11,12,13). The second-order valence-electron chi connectivity index (χ2n) is 2.86. The molecule has 0 radical (unpaired) electrons. The van der Waals surface area contributed by atoms with Crippen molar-refractivity contribution in [3.05, 3.63) is 36.2 Å². The van der Waals surface area contributed by atoms with E-state index in [1.54, 1.807) is 18.2 Å². The lowest BCUT2D eigenvalue weighted by Crippen LogP contribution is -2.00. The van der Waals surface area contributed by atoms with E-state index < -0.39 is 0 Å². The van der Waals surface area contributed by atoms with Gasteiger partial charge in [-0.2, -0.15) is 5.10 Å². The van der Waals surface area contributed by atoms with Crippen molar-refractivity contribution in [3.8, 4) is 5.75 Å². The van der Waals surface area contributed by atoms with Gasteiger partial charge in [0, 0.05) is 6.54 Å². The molecule has 2 aromatic rings. The Bertz CT molecular complexity index is 399. The van der Waals surface area contributed by atoms with Gasteiger partial charge in [0.2, 0.25) is 5.95 Å². The molecule has 0 saturated carbocycles. The van der Waals surface area contributed by atoms with Crippen molar-refractivity contribution in [1.82, 2.24) is 15.2 Å². The monoisotopic (exact) mass is 190 g/mol. The van der Waals surface area contributed by atoms with E-state index in [1.807, 2.05) is 6.07 Å². The summed E-state index contributed by atoms with van der Waals surface area (Å²) in [5, 5.41) is 18.6. The van der Waals surface area contributed by atoms with E-state index in [9.17, 15) is 5.11 Å². The molecule has 0 spiro atoms. The van der Waals surface area contributed by atoms with Gasteiger partial charge in [-0.25, -0.2) is 10.1 Å². The summed E-state index contributed by atoms with van der Waals surface area (Å²) in [6, 6.07) is 7.05. The molecule has 3 N–H and O–H groups in total. The number of hydrogen-bond acceptors (Lipinski definition) is 4. The minimum absolute atomic E-state index is 0.266. The molecular formula is C9H10N4O. The maximum Gasteiger partial charge on any atom is 0.218 e. The number of rotatable bonds is 3. The number of benzene rings is 1. The van der Waals surface area contributed by atoms with Crippen LogP contribution in [0.2, 0.25) is 0 Å². The van der Waals surface area contributed by atoms with Crippen LogP contribution in [-0.4, -0.2) is 20.3 Å². The molecule has 0 aliphatic rings. The average Bonchev–Trinajstić information content (AvgIpc) is 2.67. The second kappa shape index (κ2) is 3.78. The number of aromatic nitrogens is 3. The predicted octanol–water partition coefficient (Wildman–Crippen LogP) is 1.12. The molecule has 5 heteroatoms. The fourth-order valence-electron chi connectivity index (χ4n) is 1.14. The molecule has 0 unspecified atom stereocenters. The zero-order valence-electron chi connectivity index (χ0n) is 7.44. The van der Waals surface area contributed by atoms with Crippen molar-refractivity contribution in [3.63, 3.8) is 0 Å². The Kier molecular flexibility index (Phi) is 2.31. The molecule has 0 aliphatic heterocycles. The summed E-state index contributed by atoms with van der Waals surface area (Å²) in [5.41, 5.74) is 0.987. The normalized spacial score (nSPS) is 10.0. The number of anilines is 1. The summed E-state index contributed by atoms with van der Waals surface area (Å²) in [5.74, 6) is 0.884. The molecular weight excluding hydrogens is 180 g/mol. The van der Waals surface area contributed by atoms with Gasteiger partial charge < -0.3 is 10.4 Å². The van der Waals surface area contributed by atoms with E-state index in [-0.39, 0.29) is 5.75 Å². The molecule has 0 bridgehead atoms. The molecule has 0 saturated heterocycles. The number of nitrogens with one attached hydrogen (secondary N) is 2. The Morgan fingerprint density at radius 3 is 3.07 bits per heavy atom. The quantitative estimate of drug-likeness (QED) is 0.678. The van der Waals surface area contributed by atoms with Crippen molar-refractivity contribution < 1.29 is 5.11 Å². The summed E-state index contributed by atoms with van der Waals surface area (Å²) in [6.45, 7) is 0.601. The number of phenols is 1. The highest BCUT2D eigenvalue weighted by Crippen LogP contribution is 2.11. The summed E-state index contributed by atoms with van der Waals surface area (Å²) in [7, 11) is 0. The lowest BCUT2D eigenvalue weighted by molar-refractivity contribution is 0.474. The molecule has 5 nitrogen and oxygen atoms in total.